The molecule has 0 fully saturated rings. The SMILES string of the molecule is C=CC(=O)Nc1cc(CC)cc(C)c1Nc1ncc2cc(-c3c(Cl)c(OC)cc(OC)c3Cl)ccc2n1. The molecular weight excluding hydrogens is 511 g/mol. The highest BCUT2D eigenvalue weighted by Gasteiger charge is 2.19. The molecule has 7 nitrogen and oxygen atoms in total. The third-order valence-electron chi connectivity index (χ3n) is 5.93. The van der Waals surface area contributed by atoms with Crippen LogP contribution in [0.1, 0.15) is 18.1 Å². The van der Waals surface area contributed by atoms with Gasteiger partial charge in [0.25, 0.3) is 0 Å². The van der Waals surface area contributed by atoms with Gasteiger partial charge in [0.05, 0.1) is 41.2 Å². The van der Waals surface area contributed by atoms with E-state index in [1.807, 2.05) is 31.2 Å². The van der Waals surface area contributed by atoms with Crippen molar-refractivity contribution in [3.8, 4) is 22.6 Å². The minimum Gasteiger partial charge on any atom is -0.495 e. The lowest BCUT2D eigenvalue weighted by Crippen LogP contribution is -2.11. The van der Waals surface area contributed by atoms with Crippen molar-refractivity contribution < 1.29 is 14.3 Å². The number of hydrogen-bond acceptors (Lipinski definition) is 6. The summed E-state index contributed by atoms with van der Waals surface area (Å²) in [5.74, 6) is 1.00. The van der Waals surface area contributed by atoms with E-state index in [0.717, 1.165) is 28.5 Å². The Labute approximate surface area is 225 Å². The average molecular weight is 537 g/mol. The van der Waals surface area contributed by atoms with Crippen LogP contribution in [0.2, 0.25) is 10.0 Å². The Balaban J connectivity index is 1.73. The summed E-state index contributed by atoms with van der Waals surface area (Å²) < 4.78 is 10.8. The molecule has 4 rings (SSSR count). The van der Waals surface area contributed by atoms with Gasteiger partial charge in [-0.05, 0) is 54.3 Å². The normalized spacial score (nSPS) is 10.8. The first-order chi connectivity index (χ1) is 17.8. The van der Waals surface area contributed by atoms with E-state index in [-0.39, 0.29) is 5.91 Å². The maximum Gasteiger partial charge on any atom is 0.247 e. The third kappa shape index (κ3) is 5.33. The topological polar surface area (TPSA) is 85.4 Å². The number of benzene rings is 3. The highest BCUT2D eigenvalue weighted by atomic mass is 35.5. The number of methoxy groups -OCH3 is 2. The van der Waals surface area contributed by atoms with E-state index >= 15 is 0 Å². The maximum atomic E-state index is 12.0. The number of hydrogen-bond donors (Lipinski definition) is 2. The summed E-state index contributed by atoms with van der Waals surface area (Å²) in [7, 11) is 3.07. The van der Waals surface area contributed by atoms with E-state index in [1.54, 1.807) is 12.3 Å². The fourth-order valence-electron chi connectivity index (χ4n) is 4.01. The smallest absolute Gasteiger partial charge is 0.247 e. The zero-order valence-corrected chi connectivity index (χ0v) is 22.4. The van der Waals surface area contributed by atoms with Crippen LogP contribution < -0.4 is 20.1 Å². The van der Waals surface area contributed by atoms with Crippen molar-refractivity contribution in [3.63, 3.8) is 0 Å². The molecule has 190 valence electrons. The summed E-state index contributed by atoms with van der Waals surface area (Å²) in [5.41, 5.74) is 5.47. The van der Waals surface area contributed by atoms with E-state index in [4.69, 9.17) is 32.7 Å². The molecule has 0 spiro atoms. The Kier molecular flexibility index (Phi) is 7.86. The minimum absolute atomic E-state index is 0.297. The van der Waals surface area contributed by atoms with Gasteiger partial charge in [0, 0.05) is 23.2 Å². The molecule has 37 heavy (non-hydrogen) atoms. The number of carbonyl (C=O) groups is 1. The van der Waals surface area contributed by atoms with Gasteiger partial charge in [-0.25, -0.2) is 9.97 Å². The van der Waals surface area contributed by atoms with Crippen molar-refractivity contribution in [1.29, 1.82) is 0 Å². The monoisotopic (exact) mass is 536 g/mol. The molecule has 0 saturated heterocycles. The van der Waals surface area contributed by atoms with Crippen LogP contribution in [0.15, 0.2) is 55.3 Å². The Bertz CT molecular complexity index is 1490. The van der Waals surface area contributed by atoms with Gasteiger partial charge >= 0.3 is 0 Å². The highest BCUT2D eigenvalue weighted by molar-refractivity contribution is 6.41. The van der Waals surface area contributed by atoms with Crippen LogP contribution in [0.3, 0.4) is 0 Å². The first kappa shape index (κ1) is 26.3. The second-order valence-corrected chi connectivity index (χ2v) is 9.01. The number of halogens is 2. The van der Waals surface area contributed by atoms with Crippen LogP contribution in [0, 0.1) is 6.92 Å². The van der Waals surface area contributed by atoms with Crippen LogP contribution in [0.5, 0.6) is 11.5 Å². The molecule has 0 radical (unpaired) electrons. The quantitative estimate of drug-likeness (QED) is 0.229. The van der Waals surface area contributed by atoms with Crippen molar-refractivity contribution in [2.75, 3.05) is 24.9 Å². The number of anilines is 3. The number of nitrogens with one attached hydrogen (secondary N) is 2. The van der Waals surface area contributed by atoms with Crippen LogP contribution in [0.4, 0.5) is 17.3 Å². The first-order valence-corrected chi connectivity index (χ1v) is 12.3. The molecule has 4 aromatic rings. The number of fused-ring (bicyclic) bond motifs is 1. The van der Waals surface area contributed by atoms with E-state index in [0.29, 0.717) is 49.9 Å². The lowest BCUT2D eigenvalue weighted by atomic mass is 10.0. The van der Waals surface area contributed by atoms with Crippen molar-refractivity contribution in [2.24, 2.45) is 0 Å². The van der Waals surface area contributed by atoms with E-state index in [9.17, 15) is 4.79 Å². The second kappa shape index (κ2) is 11.1. The van der Waals surface area contributed by atoms with Crippen LogP contribution >= 0.6 is 23.2 Å². The summed E-state index contributed by atoms with van der Waals surface area (Å²) in [5, 5.41) is 7.68. The lowest BCUT2D eigenvalue weighted by molar-refractivity contribution is -0.111. The zero-order valence-electron chi connectivity index (χ0n) is 20.9. The number of rotatable bonds is 8. The summed E-state index contributed by atoms with van der Waals surface area (Å²) in [6, 6.07) is 11.3. The minimum atomic E-state index is -0.297. The molecule has 1 heterocycles. The molecule has 0 aliphatic heterocycles. The molecule has 1 aromatic heterocycles. The Hall–Kier alpha value is -3.81. The summed E-state index contributed by atoms with van der Waals surface area (Å²) in [4.78, 5) is 21.2. The molecule has 0 unspecified atom stereocenters. The molecule has 0 bridgehead atoms. The van der Waals surface area contributed by atoms with Gasteiger partial charge in [-0.15, -0.1) is 0 Å². The van der Waals surface area contributed by atoms with Gasteiger partial charge in [0.2, 0.25) is 11.9 Å². The molecule has 0 aliphatic rings. The van der Waals surface area contributed by atoms with Crippen LogP contribution in [-0.4, -0.2) is 30.1 Å². The standard InChI is InChI=1S/C28H26Cl2N4O3/c1-6-16-10-15(3)27(20(11-16)32-23(35)7-2)34-28-31-14-18-12-17(8-9-19(18)33-28)24-25(29)21(36-4)13-22(37-5)26(24)30/h7-14H,2,6H2,1,3-5H3,(H,32,35)(H,31,33,34). The van der Waals surface area contributed by atoms with Gasteiger partial charge in [0.15, 0.2) is 0 Å². The first-order valence-electron chi connectivity index (χ1n) is 11.5. The van der Waals surface area contributed by atoms with E-state index in [1.165, 1.54) is 20.3 Å². The fourth-order valence-corrected chi connectivity index (χ4v) is 4.73. The summed E-state index contributed by atoms with van der Waals surface area (Å²) in [6.45, 7) is 7.57. The van der Waals surface area contributed by atoms with Crippen LogP contribution in [-0.2, 0) is 11.2 Å². The highest BCUT2D eigenvalue weighted by Crippen LogP contribution is 2.46. The average Bonchev–Trinajstić information content (AvgIpc) is 2.90. The van der Waals surface area contributed by atoms with Crippen molar-refractivity contribution in [3.05, 3.63) is 76.4 Å². The van der Waals surface area contributed by atoms with Gasteiger partial charge < -0.3 is 20.1 Å². The van der Waals surface area contributed by atoms with Gasteiger partial charge in [-0.1, -0.05) is 48.8 Å². The molecule has 2 N–H and O–H groups in total. The van der Waals surface area contributed by atoms with E-state index in [2.05, 4.69) is 40.2 Å². The van der Waals surface area contributed by atoms with Gasteiger partial charge in [-0.3, -0.25) is 4.79 Å². The predicted molar refractivity (Wildman–Crippen MR) is 151 cm³/mol. The van der Waals surface area contributed by atoms with E-state index < -0.39 is 0 Å². The zero-order chi connectivity index (χ0) is 26.7. The Morgan fingerprint density at radius 2 is 1.78 bits per heavy atom. The van der Waals surface area contributed by atoms with Crippen molar-refractivity contribution in [2.45, 2.75) is 20.3 Å². The predicted octanol–water partition coefficient (Wildman–Crippen LogP) is 7.36. The number of ether oxygens (including phenoxy) is 2. The second-order valence-electron chi connectivity index (χ2n) is 8.26. The number of amides is 1. The summed E-state index contributed by atoms with van der Waals surface area (Å²) >= 11 is 13.2. The molecule has 0 aliphatic carbocycles. The Morgan fingerprint density at radius 1 is 1.08 bits per heavy atom. The van der Waals surface area contributed by atoms with Gasteiger partial charge in [-0.2, -0.15) is 0 Å². The molecule has 3 aromatic carbocycles. The number of carbonyl (C=O) groups excluding carboxylic acids is 1. The van der Waals surface area contributed by atoms with Gasteiger partial charge in [0.1, 0.15) is 11.5 Å². The molecule has 0 saturated carbocycles. The number of nitrogens with zero attached hydrogens (tertiary/aromatic N) is 2. The number of aromatic nitrogens is 2. The molecule has 0 atom stereocenters. The summed E-state index contributed by atoms with van der Waals surface area (Å²) in [6.07, 6.45) is 3.78. The largest absolute Gasteiger partial charge is 0.495 e. The molecule has 9 heteroatoms. The fraction of sp³-hybridized carbons (Fsp3) is 0.179. The van der Waals surface area contributed by atoms with Crippen LogP contribution in [0.25, 0.3) is 22.0 Å². The maximum absolute atomic E-state index is 12.0. The van der Waals surface area contributed by atoms with Crippen molar-refractivity contribution >= 4 is 57.3 Å². The molecular formula is C28H26Cl2N4O3. The Morgan fingerprint density at radius 3 is 2.41 bits per heavy atom. The number of aryl methyl sites for hydroxylation is 2. The molecule has 1 amide bonds. The third-order valence-corrected chi connectivity index (χ3v) is 6.68. The lowest BCUT2D eigenvalue weighted by Gasteiger charge is -2.17. The van der Waals surface area contributed by atoms with Crippen molar-refractivity contribution in [1.82, 2.24) is 9.97 Å².